The highest BCUT2D eigenvalue weighted by Crippen LogP contribution is 2.34. The molecule has 6 nitrogen and oxygen atoms in total. The molecule has 0 radical (unpaired) electrons. The van der Waals surface area contributed by atoms with E-state index in [-0.39, 0.29) is 18.3 Å². The number of rotatable bonds is 7. The van der Waals surface area contributed by atoms with Crippen molar-refractivity contribution in [3.8, 4) is 17.2 Å². The van der Waals surface area contributed by atoms with Crippen molar-refractivity contribution in [2.24, 2.45) is 5.10 Å². The van der Waals surface area contributed by atoms with Crippen LogP contribution >= 0.6 is 15.9 Å². The van der Waals surface area contributed by atoms with Gasteiger partial charge in [0.15, 0.2) is 18.1 Å². The maximum absolute atomic E-state index is 11.7. The minimum Gasteiger partial charge on any atom is -0.503 e. The van der Waals surface area contributed by atoms with Gasteiger partial charge >= 0.3 is 0 Å². The van der Waals surface area contributed by atoms with Gasteiger partial charge < -0.3 is 14.6 Å². The van der Waals surface area contributed by atoms with E-state index < -0.39 is 0 Å². The van der Waals surface area contributed by atoms with E-state index in [1.165, 1.54) is 6.21 Å². The highest BCUT2D eigenvalue weighted by molar-refractivity contribution is 9.10. The second kappa shape index (κ2) is 8.93. The predicted octanol–water partition coefficient (Wildman–Crippen LogP) is 3.08. The molecule has 24 heavy (non-hydrogen) atoms. The summed E-state index contributed by atoms with van der Waals surface area (Å²) in [4.78, 5) is 11.7. The van der Waals surface area contributed by atoms with Crippen LogP contribution in [0.5, 0.6) is 17.2 Å². The Hall–Kier alpha value is -2.54. The zero-order valence-corrected chi connectivity index (χ0v) is 14.6. The third-order valence-corrected chi connectivity index (χ3v) is 3.47. The number of hydrogen-bond donors (Lipinski definition) is 2. The van der Waals surface area contributed by atoms with Crippen molar-refractivity contribution < 1.29 is 19.4 Å². The molecule has 0 bridgehead atoms. The maximum Gasteiger partial charge on any atom is 0.277 e. The summed E-state index contributed by atoms with van der Waals surface area (Å²) in [6, 6.07) is 12.3. The first-order valence-electron chi connectivity index (χ1n) is 7.25. The molecule has 0 atom stereocenters. The van der Waals surface area contributed by atoms with Crippen molar-refractivity contribution in [1.29, 1.82) is 0 Å². The topological polar surface area (TPSA) is 80.2 Å². The molecule has 0 saturated heterocycles. The smallest absolute Gasteiger partial charge is 0.277 e. The molecule has 2 rings (SSSR count). The average Bonchev–Trinajstić information content (AvgIpc) is 2.58. The highest BCUT2D eigenvalue weighted by Gasteiger charge is 2.08. The summed E-state index contributed by atoms with van der Waals surface area (Å²) < 4.78 is 11.1. The summed E-state index contributed by atoms with van der Waals surface area (Å²) in [5, 5.41) is 13.7. The zero-order chi connectivity index (χ0) is 17.4. The van der Waals surface area contributed by atoms with Crippen LogP contribution in [-0.4, -0.2) is 30.4 Å². The molecule has 0 heterocycles. The Balaban J connectivity index is 1.90. The molecule has 2 aromatic rings. The van der Waals surface area contributed by atoms with Crippen LogP contribution in [0.4, 0.5) is 0 Å². The van der Waals surface area contributed by atoms with Crippen LogP contribution in [0.2, 0.25) is 0 Å². The Kier molecular flexibility index (Phi) is 6.62. The van der Waals surface area contributed by atoms with E-state index >= 15 is 0 Å². The van der Waals surface area contributed by atoms with Crippen LogP contribution in [0.15, 0.2) is 52.0 Å². The lowest BCUT2D eigenvalue weighted by Crippen LogP contribution is -2.24. The van der Waals surface area contributed by atoms with E-state index in [1.54, 1.807) is 24.3 Å². The summed E-state index contributed by atoms with van der Waals surface area (Å²) in [7, 11) is 0. The number of hydrazone groups is 1. The molecule has 1 amide bonds. The SMILES string of the molecule is CCOc1cc(/C=N\NC(=O)COc2ccccc2)cc(Br)c1O. The first-order valence-corrected chi connectivity index (χ1v) is 8.04. The molecule has 2 N–H and O–H groups in total. The summed E-state index contributed by atoms with van der Waals surface area (Å²) in [5.41, 5.74) is 3.03. The minimum atomic E-state index is -0.377. The van der Waals surface area contributed by atoms with E-state index in [4.69, 9.17) is 9.47 Å². The van der Waals surface area contributed by atoms with Crippen LogP contribution in [0.1, 0.15) is 12.5 Å². The van der Waals surface area contributed by atoms with Crippen LogP contribution in [-0.2, 0) is 4.79 Å². The largest absolute Gasteiger partial charge is 0.503 e. The zero-order valence-electron chi connectivity index (χ0n) is 13.0. The van der Waals surface area contributed by atoms with E-state index in [9.17, 15) is 9.90 Å². The van der Waals surface area contributed by atoms with Crippen molar-refractivity contribution in [1.82, 2.24) is 5.43 Å². The minimum absolute atomic E-state index is 0.0225. The fourth-order valence-electron chi connectivity index (χ4n) is 1.81. The monoisotopic (exact) mass is 392 g/mol. The molecule has 0 aliphatic carbocycles. The van der Waals surface area contributed by atoms with Gasteiger partial charge in [-0.3, -0.25) is 4.79 Å². The predicted molar refractivity (Wildman–Crippen MR) is 94.6 cm³/mol. The normalized spacial score (nSPS) is 10.6. The molecular weight excluding hydrogens is 376 g/mol. The lowest BCUT2D eigenvalue weighted by atomic mass is 10.2. The number of amides is 1. The number of aromatic hydroxyl groups is 1. The third kappa shape index (κ3) is 5.27. The number of hydrogen-bond acceptors (Lipinski definition) is 5. The summed E-state index contributed by atoms with van der Waals surface area (Å²) in [6.07, 6.45) is 1.45. The first kappa shape index (κ1) is 17.8. The van der Waals surface area contributed by atoms with Gasteiger partial charge in [-0.05, 0) is 52.7 Å². The van der Waals surface area contributed by atoms with Crippen molar-refractivity contribution >= 4 is 28.1 Å². The fourth-order valence-corrected chi connectivity index (χ4v) is 2.27. The molecule has 0 fully saturated rings. The van der Waals surface area contributed by atoms with Crippen LogP contribution < -0.4 is 14.9 Å². The third-order valence-electron chi connectivity index (χ3n) is 2.87. The number of phenolic OH excluding ortho intramolecular Hbond substituents is 1. The summed E-state index contributed by atoms with van der Waals surface area (Å²) >= 11 is 3.24. The maximum atomic E-state index is 11.7. The van der Waals surface area contributed by atoms with Gasteiger partial charge in [0, 0.05) is 0 Å². The number of nitrogens with zero attached hydrogens (tertiary/aromatic N) is 1. The standard InChI is InChI=1S/C17H17BrN2O4/c1-2-23-15-9-12(8-14(18)17(15)22)10-19-20-16(21)11-24-13-6-4-3-5-7-13/h3-10,22H,2,11H2,1H3,(H,20,21)/b19-10-. The van der Waals surface area contributed by atoms with Crippen LogP contribution in [0.25, 0.3) is 0 Å². The Morgan fingerprint density at radius 3 is 2.75 bits per heavy atom. The molecule has 126 valence electrons. The van der Waals surface area contributed by atoms with Gasteiger partial charge in [0.25, 0.3) is 5.91 Å². The number of nitrogens with one attached hydrogen (secondary N) is 1. The Bertz CT molecular complexity index is 720. The quantitative estimate of drug-likeness (QED) is 0.560. The highest BCUT2D eigenvalue weighted by atomic mass is 79.9. The first-order chi connectivity index (χ1) is 11.6. The van der Waals surface area contributed by atoms with Crippen LogP contribution in [0, 0.1) is 0 Å². The number of para-hydroxylation sites is 1. The summed E-state index contributed by atoms with van der Waals surface area (Å²) in [6.45, 7) is 2.11. The van der Waals surface area contributed by atoms with Crippen molar-refractivity contribution in [2.45, 2.75) is 6.92 Å². The van der Waals surface area contributed by atoms with Gasteiger partial charge in [0.05, 0.1) is 17.3 Å². The number of carbonyl (C=O) groups excluding carboxylic acids is 1. The Labute approximate surface area is 148 Å². The van der Waals surface area contributed by atoms with Crippen LogP contribution in [0.3, 0.4) is 0 Å². The number of halogens is 1. The number of benzene rings is 2. The molecule has 2 aromatic carbocycles. The molecule has 7 heteroatoms. The molecule has 0 spiro atoms. The molecule has 0 unspecified atom stereocenters. The van der Waals surface area contributed by atoms with Gasteiger partial charge in [-0.15, -0.1) is 0 Å². The Morgan fingerprint density at radius 1 is 1.29 bits per heavy atom. The number of carbonyl (C=O) groups is 1. The van der Waals surface area contributed by atoms with Gasteiger partial charge in [0.2, 0.25) is 0 Å². The molecule has 0 aromatic heterocycles. The van der Waals surface area contributed by atoms with Crippen molar-refractivity contribution in [3.05, 3.63) is 52.5 Å². The molecular formula is C17H17BrN2O4. The number of phenols is 1. The van der Waals surface area contributed by atoms with E-state index in [0.717, 1.165) is 0 Å². The van der Waals surface area contributed by atoms with Gasteiger partial charge in [-0.2, -0.15) is 5.10 Å². The summed E-state index contributed by atoms with van der Waals surface area (Å²) in [5.74, 6) is 0.597. The fraction of sp³-hybridized carbons (Fsp3) is 0.176. The lowest BCUT2D eigenvalue weighted by Gasteiger charge is -2.08. The molecule has 0 saturated carbocycles. The Morgan fingerprint density at radius 2 is 2.04 bits per heavy atom. The molecule has 0 aliphatic rings. The lowest BCUT2D eigenvalue weighted by molar-refractivity contribution is -0.123. The van der Waals surface area contributed by atoms with Crippen molar-refractivity contribution in [2.75, 3.05) is 13.2 Å². The second-order valence-electron chi connectivity index (χ2n) is 4.68. The van der Waals surface area contributed by atoms with E-state index in [0.29, 0.717) is 28.1 Å². The van der Waals surface area contributed by atoms with E-state index in [2.05, 4.69) is 26.5 Å². The second-order valence-corrected chi connectivity index (χ2v) is 5.53. The average molecular weight is 393 g/mol. The van der Waals surface area contributed by atoms with Gasteiger partial charge in [-0.25, -0.2) is 5.43 Å². The van der Waals surface area contributed by atoms with Crippen molar-refractivity contribution in [3.63, 3.8) is 0 Å². The number of ether oxygens (including phenoxy) is 2. The van der Waals surface area contributed by atoms with Gasteiger partial charge in [0.1, 0.15) is 5.75 Å². The van der Waals surface area contributed by atoms with E-state index in [1.807, 2.05) is 25.1 Å². The molecule has 0 aliphatic heterocycles. The van der Waals surface area contributed by atoms with Gasteiger partial charge in [-0.1, -0.05) is 18.2 Å².